The number of benzene rings is 3. The molecule has 0 spiro atoms. The highest BCUT2D eigenvalue weighted by molar-refractivity contribution is 5.99. The van der Waals surface area contributed by atoms with Gasteiger partial charge in [0.25, 0.3) is 0 Å². The SMILES string of the molecule is O=C(NCc1ccc(F)cc1)Nc1n[nH]c2cc(OCc3ccccc3OC(F)F)ccc12. The van der Waals surface area contributed by atoms with Crippen LogP contribution in [0.4, 0.5) is 23.8 Å². The molecular weight excluding hydrogens is 437 g/mol. The Labute approximate surface area is 186 Å². The number of halogens is 3. The molecule has 0 saturated carbocycles. The maximum atomic E-state index is 13.0. The minimum atomic E-state index is -2.92. The molecule has 0 aliphatic heterocycles. The summed E-state index contributed by atoms with van der Waals surface area (Å²) in [6.45, 7) is -2.67. The van der Waals surface area contributed by atoms with Crippen LogP contribution in [0.5, 0.6) is 11.5 Å². The third-order valence-corrected chi connectivity index (χ3v) is 4.72. The van der Waals surface area contributed by atoms with Gasteiger partial charge in [-0.05, 0) is 35.9 Å². The third kappa shape index (κ3) is 5.73. The van der Waals surface area contributed by atoms with Crippen molar-refractivity contribution in [2.24, 2.45) is 0 Å². The molecule has 0 aliphatic rings. The molecule has 3 aromatic carbocycles. The number of anilines is 1. The molecule has 0 aliphatic carbocycles. The van der Waals surface area contributed by atoms with Gasteiger partial charge in [-0.15, -0.1) is 0 Å². The Morgan fingerprint density at radius 3 is 2.64 bits per heavy atom. The van der Waals surface area contributed by atoms with Gasteiger partial charge >= 0.3 is 12.6 Å². The lowest BCUT2D eigenvalue weighted by Crippen LogP contribution is -2.28. The van der Waals surface area contributed by atoms with Crippen molar-refractivity contribution >= 4 is 22.8 Å². The number of carbonyl (C=O) groups excluding carboxylic acids is 1. The molecule has 7 nitrogen and oxygen atoms in total. The van der Waals surface area contributed by atoms with Crippen molar-refractivity contribution in [2.45, 2.75) is 19.8 Å². The number of carbonyl (C=O) groups is 1. The summed E-state index contributed by atoms with van der Waals surface area (Å²) in [5, 5.41) is 12.9. The zero-order chi connectivity index (χ0) is 23.2. The van der Waals surface area contributed by atoms with Crippen molar-refractivity contribution in [3.63, 3.8) is 0 Å². The fraction of sp³-hybridized carbons (Fsp3) is 0.130. The quantitative estimate of drug-likeness (QED) is 0.340. The van der Waals surface area contributed by atoms with Crippen molar-refractivity contribution in [1.82, 2.24) is 15.5 Å². The van der Waals surface area contributed by atoms with Gasteiger partial charge < -0.3 is 14.8 Å². The van der Waals surface area contributed by atoms with Gasteiger partial charge in [-0.1, -0.05) is 30.3 Å². The molecule has 0 atom stereocenters. The molecule has 33 heavy (non-hydrogen) atoms. The van der Waals surface area contributed by atoms with Gasteiger partial charge in [0.2, 0.25) is 0 Å². The van der Waals surface area contributed by atoms with Crippen LogP contribution in [-0.2, 0) is 13.2 Å². The Hall–Kier alpha value is -4.21. The van der Waals surface area contributed by atoms with E-state index in [-0.39, 0.29) is 24.7 Å². The Bertz CT molecular complexity index is 1250. The zero-order valence-corrected chi connectivity index (χ0v) is 17.1. The van der Waals surface area contributed by atoms with E-state index in [1.54, 1.807) is 48.5 Å². The van der Waals surface area contributed by atoms with Gasteiger partial charge in [-0.25, -0.2) is 9.18 Å². The first-order valence-corrected chi connectivity index (χ1v) is 9.91. The molecular formula is C23H19F3N4O3. The topological polar surface area (TPSA) is 88.3 Å². The number of alkyl halides is 2. The van der Waals surface area contributed by atoms with Gasteiger partial charge in [-0.3, -0.25) is 10.4 Å². The number of nitrogens with zero attached hydrogens (tertiary/aromatic N) is 1. The van der Waals surface area contributed by atoms with E-state index in [0.29, 0.717) is 28.0 Å². The van der Waals surface area contributed by atoms with Crippen LogP contribution in [0.3, 0.4) is 0 Å². The van der Waals surface area contributed by atoms with Gasteiger partial charge in [0.15, 0.2) is 5.82 Å². The first-order chi connectivity index (χ1) is 16.0. The van der Waals surface area contributed by atoms with Crippen LogP contribution >= 0.6 is 0 Å². The summed E-state index contributed by atoms with van der Waals surface area (Å²) in [5.41, 5.74) is 1.84. The normalized spacial score (nSPS) is 10.9. The van der Waals surface area contributed by atoms with Crippen molar-refractivity contribution in [2.75, 3.05) is 5.32 Å². The molecule has 1 heterocycles. The van der Waals surface area contributed by atoms with E-state index in [1.807, 2.05) is 0 Å². The van der Waals surface area contributed by atoms with E-state index in [0.717, 1.165) is 5.56 Å². The molecule has 3 N–H and O–H groups in total. The summed E-state index contributed by atoms with van der Waals surface area (Å²) in [7, 11) is 0. The summed E-state index contributed by atoms with van der Waals surface area (Å²) in [6, 6.07) is 16.8. The second-order valence-corrected chi connectivity index (χ2v) is 6.99. The Morgan fingerprint density at radius 1 is 1.06 bits per heavy atom. The van der Waals surface area contributed by atoms with Crippen LogP contribution in [0.2, 0.25) is 0 Å². The molecule has 0 unspecified atom stereocenters. The van der Waals surface area contributed by atoms with Gasteiger partial charge in [0.05, 0.1) is 5.52 Å². The third-order valence-electron chi connectivity index (χ3n) is 4.72. The van der Waals surface area contributed by atoms with Crippen molar-refractivity contribution in [3.05, 3.63) is 83.7 Å². The number of ether oxygens (including phenoxy) is 2. The minimum Gasteiger partial charge on any atom is -0.489 e. The molecule has 1 aromatic heterocycles. The molecule has 0 saturated heterocycles. The first kappa shape index (κ1) is 22.0. The van der Waals surface area contributed by atoms with Crippen LogP contribution < -0.4 is 20.1 Å². The molecule has 4 aromatic rings. The molecule has 10 heteroatoms. The maximum Gasteiger partial charge on any atom is 0.387 e. The number of fused-ring (bicyclic) bond motifs is 1. The van der Waals surface area contributed by atoms with E-state index < -0.39 is 12.6 Å². The number of H-pyrrole nitrogens is 1. The monoisotopic (exact) mass is 456 g/mol. The predicted octanol–water partition coefficient (Wildman–Crippen LogP) is 5.20. The van der Waals surface area contributed by atoms with Crippen LogP contribution in [0, 0.1) is 5.82 Å². The standard InChI is InChI=1S/C23H19F3N4O3/c24-16-7-5-14(6-8-16)12-27-23(31)28-21-18-10-9-17(11-19(18)29-30-21)32-13-15-3-1-2-4-20(15)33-22(25)26/h1-11,22H,12-13H2,(H3,27,28,29,30,31). The van der Waals surface area contributed by atoms with E-state index in [9.17, 15) is 18.0 Å². The van der Waals surface area contributed by atoms with Crippen molar-refractivity contribution < 1.29 is 27.4 Å². The average Bonchev–Trinajstić information content (AvgIpc) is 3.19. The highest BCUT2D eigenvalue weighted by Crippen LogP contribution is 2.27. The average molecular weight is 456 g/mol. The minimum absolute atomic E-state index is 0.0272. The molecule has 4 rings (SSSR count). The molecule has 0 radical (unpaired) electrons. The van der Waals surface area contributed by atoms with E-state index in [4.69, 9.17) is 4.74 Å². The summed E-state index contributed by atoms with van der Waals surface area (Å²) >= 11 is 0. The number of para-hydroxylation sites is 1. The number of aromatic amines is 1. The van der Waals surface area contributed by atoms with E-state index in [1.165, 1.54) is 18.2 Å². The smallest absolute Gasteiger partial charge is 0.387 e. The molecule has 170 valence electrons. The highest BCUT2D eigenvalue weighted by atomic mass is 19.3. The number of nitrogens with one attached hydrogen (secondary N) is 3. The summed E-state index contributed by atoms with van der Waals surface area (Å²) in [4.78, 5) is 12.2. The van der Waals surface area contributed by atoms with E-state index in [2.05, 4.69) is 25.6 Å². The zero-order valence-electron chi connectivity index (χ0n) is 17.1. The number of hydrogen-bond donors (Lipinski definition) is 3. The second-order valence-electron chi connectivity index (χ2n) is 6.99. The van der Waals surface area contributed by atoms with Crippen LogP contribution in [0.15, 0.2) is 66.7 Å². The summed E-state index contributed by atoms with van der Waals surface area (Å²) < 4.78 is 48.3. The molecule has 0 fully saturated rings. The Balaban J connectivity index is 1.37. The number of rotatable bonds is 8. The van der Waals surface area contributed by atoms with Gasteiger partial charge in [0, 0.05) is 23.6 Å². The number of aromatic nitrogens is 2. The lowest BCUT2D eigenvalue weighted by atomic mass is 10.2. The van der Waals surface area contributed by atoms with Crippen LogP contribution in [0.1, 0.15) is 11.1 Å². The molecule has 0 bridgehead atoms. The highest BCUT2D eigenvalue weighted by Gasteiger charge is 2.12. The van der Waals surface area contributed by atoms with Gasteiger partial charge in [0.1, 0.15) is 23.9 Å². The fourth-order valence-electron chi connectivity index (χ4n) is 3.12. The van der Waals surface area contributed by atoms with E-state index >= 15 is 0 Å². The van der Waals surface area contributed by atoms with Gasteiger partial charge in [-0.2, -0.15) is 13.9 Å². The fourth-order valence-corrected chi connectivity index (χ4v) is 3.12. The second kappa shape index (κ2) is 9.94. The summed E-state index contributed by atoms with van der Waals surface area (Å²) in [6.07, 6.45) is 0. The number of amides is 2. The van der Waals surface area contributed by atoms with Crippen LogP contribution in [-0.4, -0.2) is 22.8 Å². The van der Waals surface area contributed by atoms with Crippen molar-refractivity contribution in [1.29, 1.82) is 0 Å². The Kier molecular flexibility index (Phi) is 6.63. The first-order valence-electron chi connectivity index (χ1n) is 9.91. The predicted molar refractivity (Wildman–Crippen MR) is 116 cm³/mol. The van der Waals surface area contributed by atoms with Crippen LogP contribution in [0.25, 0.3) is 10.9 Å². The largest absolute Gasteiger partial charge is 0.489 e. The number of urea groups is 1. The maximum absolute atomic E-state index is 13.0. The number of hydrogen-bond acceptors (Lipinski definition) is 4. The summed E-state index contributed by atoms with van der Waals surface area (Å²) in [5.74, 6) is 0.502. The lowest BCUT2D eigenvalue weighted by molar-refractivity contribution is -0.0508. The van der Waals surface area contributed by atoms with Crippen molar-refractivity contribution in [3.8, 4) is 11.5 Å². The molecule has 2 amide bonds. The lowest BCUT2D eigenvalue weighted by Gasteiger charge is -2.11. The Morgan fingerprint density at radius 2 is 1.85 bits per heavy atom.